The van der Waals surface area contributed by atoms with E-state index < -0.39 is 0 Å². The molecule has 174 valence electrons. The van der Waals surface area contributed by atoms with Crippen LogP contribution in [0.5, 0.6) is 5.75 Å². The number of fused-ring (bicyclic) bond motifs is 1. The van der Waals surface area contributed by atoms with Crippen molar-refractivity contribution in [2.24, 2.45) is 10.7 Å². The molecule has 8 heteroatoms. The summed E-state index contributed by atoms with van der Waals surface area (Å²) in [6.45, 7) is 7.71. The molecule has 8 nitrogen and oxygen atoms in total. The third-order valence-corrected chi connectivity index (χ3v) is 5.60. The predicted octanol–water partition coefficient (Wildman–Crippen LogP) is 4.45. The van der Waals surface area contributed by atoms with Crippen molar-refractivity contribution in [2.75, 3.05) is 19.0 Å². The number of aryl methyl sites for hydroxylation is 1. The van der Waals surface area contributed by atoms with E-state index in [1.165, 1.54) is 6.20 Å². The Morgan fingerprint density at radius 1 is 1.42 bits per heavy atom. The Hall–Kier alpha value is -3.39. The number of hydrogen-bond donors (Lipinski definition) is 2. The van der Waals surface area contributed by atoms with Gasteiger partial charge in [-0.25, -0.2) is 4.98 Å². The minimum Gasteiger partial charge on any atom is -0.490 e. The number of benzene rings is 1. The quantitative estimate of drug-likeness (QED) is 0.494. The molecule has 3 N–H and O–H groups in total. The van der Waals surface area contributed by atoms with E-state index in [0.29, 0.717) is 11.7 Å². The smallest absolute Gasteiger partial charge is 0.229 e. The molecule has 1 aromatic carbocycles. The molecule has 33 heavy (non-hydrogen) atoms. The van der Waals surface area contributed by atoms with E-state index in [1.807, 2.05) is 38.2 Å². The number of hydrogen-bond acceptors (Lipinski definition) is 7. The molecule has 1 atom stereocenters. The summed E-state index contributed by atoms with van der Waals surface area (Å²) in [4.78, 5) is 13.5. The highest BCUT2D eigenvalue weighted by Crippen LogP contribution is 2.31. The van der Waals surface area contributed by atoms with Crippen LogP contribution in [0.1, 0.15) is 37.8 Å². The fourth-order valence-corrected chi connectivity index (χ4v) is 4.10. The van der Waals surface area contributed by atoms with E-state index in [9.17, 15) is 0 Å². The first-order valence-corrected chi connectivity index (χ1v) is 11.3. The topological polar surface area (TPSA) is 99.6 Å². The Labute approximate surface area is 194 Å². The van der Waals surface area contributed by atoms with E-state index >= 15 is 0 Å². The molecular weight excluding hydrogens is 416 g/mol. The van der Waals surface area contributed by atoms with Gasteiger partial charge in [0.25, 0.3) is 0 Å². The van der Waals surface area contributed by atoms with E-state index in [1.54, 1.807) is 13.3 Å². The van der Waals surface area contributed by atoms with Crippen LogP contribution in [0, 0.1) is 6.92 Å². The maximum Gasteiger partial charge on any atom is 0.229 e. The molecule has 0 radical (unpaired) electrons. The van der Waals surface area contributed by atoms with E-state index in [0.717, 1.165) is 59.4 Å². The molecule has 1 saturated heterocycles. The van der Waals surface area contributed by atoms with Crippen molar-refractivity contribution >= 4 is 34.5 Å². The summed E-state index contributed by atoms with van der Waals surface area (Å²) in [5, 5.41) is 4.38. The van der Waals surface area contributed by atoms with Gasteiger partial charge >= 0.3 is 0 Å². The second kappa shape index (κ2) is 10.0. The zero-order valence-corrected chi connectivity index (χ0v) is 19.7. The molecule has 1 aliphatic rings. The lowest BCUT2D eigenvalue weighted by Crippen LogP contribution is -2.14. The Morgan fingerprint density at radius 3 is 2.97 bits per heavy atom. The summed E-state index contributed by atoms with van der Waals surface area (Å²) in [6, 6.07) is 5.86. The van der Waals surface area contributed by atoms with Crippen LogP contribution in [-0.4, -0.2) is 46.6 Å². The number of nitrogens with zero attached hydrogens (tertiary/aromatic N) is 4. The number of aliphatic imine (C=N–C) groups is 1. The summed E-state index contributed by atoms with van der Waals surface area (Å²) < 4.78 is 14.1. The van der Waals surface area contributed by atoms with Crippen LogP contribution in [0.2, 0.25) is 0 Å². The van der Waals surface area contributed by atoms with Gasteiger partial charge in [-0.15, -0.1) is 0 Å². The Morgan fingerprint density at radius 2 is 2.27 bits per heavy atom. The fraction of sp³-hybridized carbons (Fsp3) is 0.400. The van der Waals surface area contributed by atoms with Crippen LogP contribution < -0.4 is 15.8 Å². The predicted molar refractivity (Wildman–Crippen MR) is 133 cm³/mol. The second-order valence-electron chi connectivity index (χ2n) is 8.54. The molecule has 4 rings (SSSR count). The van der Waals surface area contributed by atoms with Crippen molar-refractivity contribution in [3.8, 4) is 5.75 Å². The highest BCUT2D eigenvalue weighted by atomic mass is 16.5. The summed E-state index contributed by atoms with van der Waals surface area (Å²) in [5.41, 5.74) is 10.4. The minimum atomic E-state index is 0.00764. The van der Waals surface area contributed by atoms with Gasteiger partial charge in [0.2, 0.25) is 5.95 Å². The summed E-state index contributed by atoms with van der Waals surface area (Å²) >= 11 is 0. The molecule has 3 heterocycles. The average Bonchev–Trinajstić information content (AvgIpc) is 3.40. The number of allylic oxidation sites excluding steroid dienone is 1. The molecule has 0 bridgehead atoms. The van der Waals surface area contributed by atoms with Gasteiger partial charge in [-0.05, 0) is 51.3 Å². The van der Waals surface area contributed by atoms with Crippen LogP contribution in [0.3, 0.4) is 0 Å². The zero-order chi connectivity index (χ0) is 23.4. The van der Waals surface area contributed by atoms with E-state index in [4.69, 9.17) is 20.2 Å². The molecule has 1 fully saturated rings. The lowest BCUT2D eigenvalue weighted by atomic mass is 10.1. The lowest BCUT2D eigenvalue weighted by molar-refractivity contribution is 0.0979. The summed E-state index contributed by atoms with van der Waals surface area (Å²) in [5.74, 6) is 1.24. The number of anilines is 2. The fourth-order valence-electron chi connectivity index (χ4n) is 4.10. The van der Waals surface area contributed by atoms with Crippen LogP contribution in [0.25, 0.3) is 16.6 Å². The van der Waals surface area contributed by atoms with Crippen molar-refractivity contribution in [3.63, 3.8) is 0 Å². The maximum absolute atomic E-state index is 6.06. The lowest BCUT2D eigenvalue weighted by Gasteiger charge is -2.16. The number of nitrogens with one attached hydrogen (secondary N) is 1. The first-order chi connectivity index (χ1) is 16.0. The summed E-state index contributed by atoms with van der Waals surface area (Å²) in [7, 11) is 1.71. The number of nitrogens with two attached hydrogens (primary N) is 1. The van der Waals surface area contributed by atoms with Crippen molar-refractivity contribution in [1.82, 2.24) is 14.5 Å². The monoisotopic (exact) mass is 448 g/mol. The van der Waals surface area contributed by atoms with Crippen LogP contribution >= 0.6 is 0 Å². The average molecular weight is 449 g/mol. The Bertz CT molecular complexity index is 1180. The maximum atomic E-state index is 6.06. The highest BCUT2D eigenvalue weighted by molar-refractivity contribution is 6.10. The van der Waals surface area contributed by atoms with Gasteiger partial charge in [0.05, 0.1) is 18.8 Å². The molecule has 0 amide bonds. The zero-order valence-electron chi connectivity index (χ0n) is 19.7. The van der Waals surface area contributed by atoms with Gasteiger partial charge in [0.1, 0.15) is 11.4 Å². The molecule has 3 aromatic rings. The van der Waals surface area contributed by atoms with Crippen LogP contribution in [0.15, 0.2) is 41.8 Å². The van der Waals surface area contributed by atoms with Gasteiger partial charge in [0, 0.05) is 66.7 Å². The Kier molecular flexibility index (Phi) is 6.93. The molecular formula is C25H32N6O2. The molecule has 0 saturated carbocycles. The Balaban J connectivity index is 1.64. The summed E-state index contributed by atoms with van der Waals surface area (Å²) in [6.07, 6.45) is 9.71. The van der Waals surface area contributed by atoms with Gasteiger partial charge < -0.3 is 25.1 Å². The molecule has 1 unspecified atom stereocenters. The van der Waals surface area contributed by atoms with Gasteiger partial charge in [-0.3, -0.25) is 4.99 Å². The van der Waals surface area contributed by atoms with Crippen molar-refractivity contribution < 1.29 is 9.47 Å². The van der Waals surface area contributed by atoms with E-state index in [2.05, 4.69) is 33.0 Å². The number of aromatic nitrogens is 3. The normalized spacial score (nSPS) is 16.9. The minimum absolute atomic E-state index is 0.00764. The number of ether oxygens (including phenoxy) is 2. The van der Waals surface area contributed by atoms with Gasteiger partial charge in [-0.1, -0.05) is 0 Å². The first-order valence-electron chi connectivity index (χ1n) is 11.3. The standard InChI is InChI=1S/C25H32N6O2/c1-16(2)33-23-10-19(7-8-21(23)18(11-26)12-27-4)29-25-28-13-22-17(3)14-31(24(22)30-25)15-20-6-5-9-32-20/h7-8,10-14,16,20H,5-6,9,15,26H2,1-4H3,(H,28,29,30)/b18-11+,27-12?. The second-order valence-corrected chi connectivity index (χ2v) is 8.54. The van der Waals surface area contributed by atoms with Crippen molar-refractivity contribution in [2.45, 2.75) is 52.4 Å². The SMILES string of the molecule is CN=C/C(=C\N)c1ccc(Nc2ncc3c(C)cn(CC4CCCO4)c3n2)cc1OC(C)C. The van der Waals surface area contributed by atoms with Crippen molar-refractivity contribution in [1.29, 1.82) is 0 Å². The molecule has 0 spiro atoms. The van der Waals surface area contributed by atoms with Gasteiger partial charge in [-0.2, -0.15) is 4.98 Å². The van der Waals surface area contributed by atoms with Crippen LogP contribution in [0.4, 0.5) is 11.6 Å². The first kappa shape index (κ1) is 22.8. The third kappa shape index (κ3) is 5.17. The number of rotatable bonds is 8. The largest absolute Gasteiger partial charge is 0.490 e. The van der Waals surface area contributed by atoms with Crippen LogP contribution in [-0.2, 0) is 11.3 Å². The third-order valence-electron chi connectivity index (χ3n) is 5.60. The molecule has 0 aliphatic carbocycles. The highest BCUT2D eigenvalue weighted by Gasteiger charge is 2.19. The van der Waals surface area contributed by atoms with E-state index in [-0.39, 0.29) is 12.2 Å². The molecule has 1 aliphatic heterocycles. The van der Waals surface area contributed by atoms with Crippen molar-refractivity contribution in [3.05, 3.63) is 47.9 Å². The van der Waals surface area contributed by atoms with Gasteiger partial charge in [0.15, 0.2) is 0 Å². The molecule has 2 aromatic heterocycles.